The monoisotopic (exact) mass is 318 g/mol. The molecule has 0 aliphatic carbocycles. The van der Waals surface area contributed by atoms with E-state index in [0.29, 0.717) is 11.3 Å². The van der Waals surface area contributed by atoms with E-state index in [2.05, 4.69) is 15.7 Å². The molecule has 0 aromatic heterocycles. The predicted molar refractivity (Wildman–Crippen MR) is 82.8 cm³/mol. The van der Waals surface area contributed by atoms with Crippen molar-refractivity contribution in [2.75, 3.05) is 5.32 Å². The third-order valence-corrected chi connectivity index (χ3v) is 4.66. The van der Waals surface area contributed by atoms with Crippen LogP contribution in [0.2, 0.25) is 0 Å². The van der Waals surface area contributed by atoms with Crippen molar-refractivity contribution >= 4 is 40.3 Å². The molecular formula is C14H14N4O3S. The van der Waals surface area contributed by atoms with E-state index in [0.717, 1.165) is 22.3 Å². The van der Waals surface area contributed by atoms with Gasteiger partial charge in [0.1, 0.15) is 0 Å². The van der Waals surface area contributed by atoms with Crippen LogP contribution in [-0.4, -0.2) is 27.9 Å². The van der Waals surface area contributed by atoms with Gasteiger partial charge in [0.15, 0.2) is 5.17 Å². The number of nitrogens with zero attached hydrogens (tertiary/aromatic N) is 2. The van der Waals surface area contributed by atoms with Crippen LogP contribution in [-0.2, 0) is 19.3 Å². The number of hydrogen-bond donors (Lipinski definition) is 2. The summed E-state index contributed by atoms with van der Waals surface area (Å²) in [7, 11) is 0. The van der Waals surface area contributed by atoms with Gasteiger partial charge in [-0.25, -0.2) is 0 Å². The second kappa shape index (κ2) is 4.84. The summed E-state index contributed by atoms with van der Waals surface area (Å²) in [5.41, 5.74) is 2.28. The molecule has 7 nitrogen and oxygen atoms in total. The van der Waals surface area contributed by atoms with Gasteiger partial charge in [-0.1, -0.05) is 17.7 Å². The summed E-state index contributed by atoms with van der Waals surface area (Å²) in [5.74, 6) is -1.04. The number of carbonyl (C=O) groups is 3. The number of rotatable bonds is 0. The maximum absolute atomic E-state index is 12.6. The second-order valence-corrected chi connectivity index (χ2v) is 6.35. The maximum Gasteiger partial charge on any atom is 0.268 e. The van der Waals surface area contributed by atoms with Gasteiger partial charge >= 0.3 is 0 Å². The third-order valence-electron chi connectivity index (χ3n) is 3.41. The summed E-state index contributed by atoms with van der Waals surface area (Å²) in [6.07, 6.45) is 0. The molecule has 2 aliphatic rings. The van der Waals surface area contributed by atoms with Gasteiger partial charge in [-0.15, -0.1) is 5.10 Å². The number of hydrazone groups is 1. The highest BCUT2D eigenvalue weighted by Gasteiger charge is 2.58. The highest BCUT2D eigenvalue weighted by molar-refractivity contribution is 8.15. The van der Waals surface area contributed by atoms with Crippen molar-refractivity contribution in [3.63, 3.8) is 0 Å². The van der Waals surface area contributed by atoms with Crippen LogP contribution in [0.4, 0.5) is 5.69 Å². The lowest BCUT2D eigenvalue weighted by Gasteiger charge is -2.28. The lowest BCUT2D eigenvalue weighted by molar-refractivity contribution is -0.138. The number of hydrogen-bond acceptors (Lipinski definition) is 5. The fourth-order valence-corrected chi connectivity index (χ4v) is 3.82. The van der Waals surface area contributed by atoms with E-state index in [9.17, 15) is 14.4 Å². The lowest BCUT2D eigenvalue weighted by Crippen LogP contribution is -2.45. The van der Waals surface area contributed by atoms with E-state index in [-0.39, 0.29) is 22.9 Å². The smallest absolute Gasteiger partial charge is 0.268 e. The van der Waals surface area contributed by atoms with Crippen molar-refractivity contribution in [3.8, 4) is 0 Å². The number of aryl methyl sites for hydroxylation is 1. The highest BCUT2D eigenvalue weighted by atomic mass is 32.2. The van der Waals surface area contributed by atoms with Crippen LogP contribution in [0.1, 0.15) is 25.0 Å². The Labute approximate surface area is 131 Å². The van der Waals surface area contributed by atoms with E-state index in [1.165, 1.54) is 13.8 Å². The van der Waals surface area contributed by atoms with Crippen LogP contribution < -0.4 is 10.6 Å². The molecule has 114 valence electrons. The number of nitrogens with one attached hydrogen (secondary N) is 2. The Morgan fingerprint density at radius 3 is 2.73 bits per heavy atom. The number of anilines is 1. The SMILES string of the molecule is CC(=O)NC1=NN(C(C)=O)C2(S1)C(=O)Nc1ccc(C)cc12. The molecule has 22 heavy (non-hydrogen) atoms. The summed E-state index contributed by atoms with van der Waals surface area (Å²) >= 11 is 1.06. The molecular weight excluding hydrogens is 304 g/mol. The molecule has 3 amide bonds. The summed E-state index contributed by atoms with van der Waals surface area (Å²) in [5, 5.41) is 10.8. The molecule has 0 bridgehead atoms. The fourth-order valence-electron chi connectivity index (χ4n) is 2.55. The third kappa shape index (κ3) is 1.98. The van der Waals surface area contributed by atoms with Crippen molar-refractivity contribution in [2.24, 2.45) is 5.10 Å². The Kier molecular flexibility index (Phi) is 3.21. The predicted octanol–water partition coefficient (Wildman–Crippen LogP) is 1.10. The molecule has 0 saturated carbocycles. The van der Waals surface area contributed by atoms with Crippen LogP contribution >= 0.6 is 11.8 Å². The van der Waals surface area contributed by atoms with E-state index in [4.69, 9.17) is 0 Å². The molecule has 1 spiro atoms. The van der Waals surface area contributed by atoms with Crippen LogP contribution in [0.15, 0.2) is 23.3 Å². The second-order valence-electron chi connectivity index (χ2n) is 5.17. The van der Waals surface area contributed by atoms with E-state index in [1.807, 2.05) is 19.1 Å². The first kappa shape index (κ1) is 14.6. The Bertz CT molecular complexity index is 746. The molecule has 1 unspecified atom stereocenters. The van der Waals surface area contributed by atoms with Crippen LogP contribution in [0, 0.1) is 6.92 Å². The van der Waals surface area contributed by atoms with E-state index in [1.54, 1.807) is 6.07 Å². The van der Waals surface area contributed by atoms with Gasteiger partial charge < -0.3 is 10.6 Å². The van der Waals surface area contributed by atoms with Crippen LogP contribution in [0.25, 0.3) is 0 Å². The molecule has 3 rings (SSSR count). The molecule has 0 radical (unpaired) electrons. The van der Waals surface area contributed by atoms with Crippen molar-refractivity contribution < 1.29 is 14.4 Å². The fraction of sp³-hybridized carbons (Fsp3) is 0.286. The van der Waals surface area contributed by atoms with Crippen molar-refractivity contribution in [2.45, 2.75) is 25.6 Å². The van der Waals surface area contributed by atoms with Crippen LogP contribution in [0.3, 0.4) is 0 Å². The minimum absolute atomic E-state index is 0.229. The standard InChI is InChI=1S/C14H14N4O3S/c1-7-4-5-11-10(6-7)14(12(21)16-11)18(9(3)20)17-13(22-14)15-8(2)19/h4-6H,1-3H3,(H,16,21)(H,15,17,19). The first-order valence-corrected chi connectivity index (χ1v) is 7.45. The minimum atomic E-state index is -1.30. The van der Waals surface area contributed by atoms with Gasteiger partial charge in [-0.2, -0.15) is 5.01 Å². The molecule has 0 fully saturated rings. The minimum Gasteiger partial charge on any atom is -0.322 e. The number of fused-ring (bicyclic) bond motifs is 2. The molecule has 2 aliphatic heterocycles. The molecule has 1 aromatic rings. The van der Waals surface area contributed by atoms with Gasteiger partial charge in [-0.3, -0.25) is 14.4 Å². The molecule has 1 aromatic carbocycles. The van der Waals surface area contributed by atoms with Gasteiger partial charge in [0, 0.05) is 25.1 Å². The number of thioether (sulfide) groups is 1. The molecule has 8 heteroatoms. The largest absolute Gasteiger partial charge is 0.322 e. The Morgan fingerprint density at radius 2 is 2.09 bits per heavy atom. The van der Waals surface area contributed by atoms with E-state index < -0.39 is 4.87 Å². The molecule has 2 heterocycles. The van der Waals surface area contributed by atoms with Crippen molar-refractivity contribution in [1.82, 2.24) is 10.3 Å². The summed E-state index contributed by atoms with van der Waals surface area (Å²) in [6.45, 7) is 4.59. The van der Waals surface area contributed by atoms with Gasteiger partial charge in [0.2, 0.25) is 16.7 Å². The zero-order valence-electron chi connectivity index (χ0n) is 12.3. The average Bonchev–Trinajstić information content (AvgIpc) is 2.91. The lowest BCUT2D eigenvalue weighted by atomic mass is 10.0. The van der Waals surface area contributed by atoms with Gasteiger partial charge in [0.05, 0.1) is 0 Å². The molecule has 0 saturated heterocycles. The molecule has 2 N–H and O–H groups in total. The zero-order chi connectivity index (χ0) is 16.1. The maximum atomic E-state index is 12.6. The van der Waals surface area contributed by atoms with E-state index >= 15 is 0 Å². The Hall–Kier alpha value is -2.35. The van der Waals surface area contributed by atoms with Crippen molar-refractivity contribution in [1.29, 1.82) is 0 Å². The number of carbonyl (C=O) groups excluding carboxylic acids is 3. The zero-order valence-corrected chi connectivity index (χ0v) is 13.1. The average molecular weight is 318 g/mol. The Morgan fingerprint density at radius 1 is 1.36 bits per heavy atom. The molecule has 1 atom stereocenters. The number of amidine groups is 1. The first-order chi connectivity index (χ1) is 10.3. The number of amides is 3. The van der Waals surface area contributed by atoms with Gasteiger partial charge in [0.25, 0.3) is 5.91 Å². The normalized spacial score (nSPS) is 22.4. The van der Waals surface area contributed by atoms with Gasteiger partial charge in [-0.05, 0) is 24.8 Å². The summed E-state index contributed by atoms with van der Waals surface area (Å²) in [6, 6.07) is 5.53. The Balaban J connectivity index is 2.13. The van der Waals surface area contributed by atoms with Crippen molar-refractivity contribution in [3.05, 3.63) is 29.3 Å². The summed E-state index contributed by atoms with van der Waals surface area (Å²) < 4.78 is 0. The highest BCUT2D eigenvalue weighted by Crippen LogP contribution is 2.52. The quantitative estimate of drug-likeness (QED) is 0.749. The number of benzene rings is 1. The summed E-state index contributed by atoms with van der Waals surface area (Å²) in [4.78, 5) is 34.5. The first-order valence-electron chi connectivity index (χ1n) is 6.63. The van der Waals surface area contributed by atoms with Crippen LogP contribution in [0.5, 0.6) is 0 Å². The topological polar surface area (TPSA) is 90.9 Å².